The van der Waals surface area contributed by atoms with E-state index in [1.165, 1.54) is 33.5 Å². The minimum Gasteiger partial charge on any atom is -0.494 e. The SMILES string of the molecule is COc1cc(CNC(=O)C(Cc2ccccc2)NC(N)=NC(=O)Cc2ccc(OC)c(OC)c2)ccc1F. The number of hydrogen-bond donors (Lipinski definition) is 3. The fraction of sp³-hybridized carbons (Fsp3) is 0.250. The molecule has 0 radical (unpaired) electrons. The summed E-state index contributed by atoms with van der Waals surface area (Å²) in [4.78, 5) is 29.6. The number of methoxy groups -OCH3 is 3. The maximum absolute atomic E-state index is 13.7. The van der Waals surface area contributed by atoms with Crippen molar-refractivity contribution < 1.29 is 28.2 Å². The maximum Gasteiger partial charge on any atom is 0.253 e. The summed E-state index contributed by atoms with van der Waals surface area (Å²) in [7, 11) is 4.40. The molecule has 0 saturated carbocycles. The second kappa shape index (κ2) is 13.6. The molecule has 3 aromatic rings. The largest absolute Gasteiger partial charge is 0.494 e. The van der Waals surface area contributed by atoms with E-state index in [-0.39, 0.29) is 30.6 Å². The molecule has 0 aliphatic carbocycles. The van der Waals surface area contributed by atoms with Crippen molar-refractivity contribution in [3.8, 4) is 17.2 Å². The number of nitrogens with one attached hydrogen (secondary N) is 2. The summed E-state index contributed by atoms with van der Waals surface area (Å²) in [6.45, 7) is 0.137. The van der Waals surface area contributed by atoms with Gasteiger partial charge < -0.3 is 30.6 Å². The summed E-state index contributed by atoms with van der Waals surface area (Å²) in [6.07, 6.45) is 0.268. The van der Waals surface area contributed by atoms with Crippen molar-refractivity contribution in [1.82, 2.24) is 10.6 Å². The number of guanidine groups is 1. The van der Waals surface area contributed by atoms with Gasteiger partial charge in [0.05, 0.1) is 27.8 Å². The molecule has 9 nitrogen and oxygen atoms in total. The highest BCUT2D eigenvalue weighted by Crippen LogP contribution is 2.27. The molecule has 38 heavy (non-hydrogen) atoms. The third-order valence-corrected chi connectivity index (χ3v) is 5.65. The molecule has 10 heteroatoms. The maximum atomic E-state index is 13.7. The van der Waals surface area contributed by atoms with Crippen LogP contribution in [0.2, 0.25) is 0 Å². The standard InChI is InChI=1S/C28H31FN4O5/c1-36-23-12-10-19(14-25(23)38-3)16-26(34)33-28(30)32-22(13-18-7-5-4-6-8-18)27(35)31-17-20-9-11-21(29)24(15-20)37-2/h4-12,14-15,22H,13,16-17H2,1-3H3,(H,31,35)(H3,30,32,33,34). The number of carbonyl (C=O) groups excluding carboxylic acids is 2. The lowest BCUT2D eigenvalue weighted by atomic mass is 10.1. The van der Waals surface area contributed by atoms with E-state index in [1.807, 2.05) is 30.3 Å². The highest BCUT2D eigenvalue weighted by molar-refractivity contribution is 5.95. The predicted molar refractivity (Wildman–Crippen MR) is 142 cm³/mol. The van der Waals surface area contributed by atoms with E-state index in [2.05, 4.69) is 15.6 Å². The highest BCUT2D eigenvalue weighted by atomic mass is 19.1. The lowest BCUT2D eigenvalue weighted by Gasteiger charge is -2.19. The van der Waals surface area contributed by atoms with Gasteiger partial charge in [-0.05, 0) is 41.0 Å². The number of benzene rings is 3. The summed E-state index contributed by atoms with van der Waals surface area (Å²) in [5.41, 5.74) is 8.22. The van der Waals surface area contributed by atoms with Gasteiger partial charge in [-0.3, -0.25) is 9.59 Å². The Morgan fingerprint density at radius 3 is 2.21 bits per heavy atom. The van der Waals surface area contributed by atoms with Gasteiger partial charge in [0.1, 0.15) is 6.04 Å². The van der Waals surface area contributed by atoms with Crippen LogP contribution < -0.4 is 30.6 Å². The van der Waals surface area contributed by atoms with Crippen LogP contribution in [0.1, 0.15) is 16.7 Å². The van der Waals surface area contributed by atoms with Crippen molar-refractivity contribution in [2.45, 2.75) is 25.4 Å². The van der Waals surface area contributed by atoms with Gasteiger partial charge in [-0.15, -0.1) is 0 Å². The second-order valence-corrected chi connectivity index (χ2v) is 8.33. The molecule has 0 aliphatic heterocycles. The number of aliphatic imine (C=N–C) groups is 1. The molecule has 1 atom stereocenters. The van der Waals surface area contributed by atoms with Gasteiger partial charge in [0.25, 0.3) is 5.91 Å². The Kier molecular flexibility index (Phi) is 10.0. The molecule has 0 spiro atoms. The van der Waals surface area contributed by atoms with Crippen molar-refractivity contribution in [2.24, 2.45) is 10.7 Å². The van der Waals surface area contributed by atoms with Crippen molar-refractivity contribution in [1.29, 1.82) is 0 Å². The first-order chi connectivity index (χ1) is 18.3. The monoisotopic (exact) mass is 522 g/mol. The van der Waals surface area contributed by atoms with E-state index in [0.29, 0.717) is 29.0 Å². The molecule has 0 fully saturated rings. The van der Waals surface area contributed by atoms with E-state index in [0.717, 1.165) is 5.56 Å². The number of carbonyl (C=O) groups is 2. The summed E-state index contributed by atoms with van der Waals surface area (Å²) < 4.78 is 29.2. The van der Waals surface area contributed by atoms with Gasteiger partial charge in [0.15, 0.2) is 29.0 Å². The lowest BCUT2D eigenvalue weighted by molar-refractivity contribution is -0.123. The average molecular weight is 523 g/mol. The molecule has 0 heterocycles. The lowest BCUT2D eigenvalue weighted by Crippen LogP contribution is -2.50. The van der Waals surface area contributed by atoms with E-state index >= 15 is 0 Å². The number of amides is 2. The molecule has 0 bridgehead atoms. The quantitative estimate of drug-likeness (QED) is 0.261. The van der Waals surface area contributed by atoms with Gasteiger partial charge in [-0.2, -0.15) is 4.99 Å². The van der Waals surface area contributed by atoms with Crippen LogP contribution >= 0.6 is 0 Å². The Labute approximate surface area is 220 Å². The number of halogens is 1. The zero-order valence-corrected chi connectivity index (χ0v) is 21.5. The van der Waals surface area contributed by atoms with E-state index < -0.39 is 17.8 Å². The van der Waals surface area contributed by atoms with Crippen LogP contribution in [0.5, 0.6) is 17.2 Å². The van der Waals surface area contributed by atoms with Crippen LogP contribution in [0.25, 0.3) is 0 Å². The summed E-state index contributed by atoms with van der Waals surface area (Å²) in [5.74, 6) is -0.432. The second-order valence-electron chi connectivity index (χ2n) is 8.33. The minimum atomic E-state index is -0.822. The summed E-state index contributed by atoms with van der Waals surface area (Å²) in [5, 5.41) is 5.67. The Hall–Kier alpha value is -4.60. The molecule has 200 valence electrons. The number of nitrogens with zero attached hydrogens (tertiary/aromatic N) is 1. The molecule has 3 aromatic carbocycles. The van der Waals surface area contributed by atoms with Crippen LogP contribution in [0.15, 0.2) is 71.7 Å². The average Bonchev–Trinajstić information content (AvgIpc) is 2.92. The van der Waals surface area contributed by atoms with Gasteiger partial charge in [-0.25, -0.2) is 4.39 Å². The smallest absolute Gasteiger partial charge is 0.253 e. The van der Waals surface area contributed by atoms with Crippen molar-refractivity contribution in [2.75, 3.05) is 21.3 Å². The molecular formula is C28H31FN4O5. The molecule has 4 N–H and O–H groups in total. The first kappa shape index (κ1) is 28.0. The van der Waals surface area contributed by atoms with E-state index in [4.69, 9.17) is 19.9 Å². The van der Waals surface area contributed by atoms with E-state index in [9.17, 15) is 14.0 Å². The van der Waals surface area contributed by atoms with Crippen molar-refractivity contribution in [3.63, 3.8) is 0 Å². The van der Waals surface area contributed by atoms with Gasteiger partial charge in [0.2, 0.25) is 5.91 Å². The number of ether oxygens (including phenoxy) is 3. The Morgan fingerprint density at radius 2 is 1.53 bits per heavy atom. The predicted octanol–water partition coefficient (Wildman–Crippen LogP) is 2.75. The van der Waals surface area contributed by atoms with Crippen LogP contribution in [0.3, 0.4) is 0 Å². The molecular weight excluding hydrogens is 491 g/mol. The molecule has 3 rings (SSSR count). The molecule has 1 unspecified atom stereocenters. The molecule has 0 saturated heterocycles. The minimum absolute atomic E-state index is 0.0231. The normalized spacial score (nSPS) is 11.8. The topological polar surface area (TPSA) is 124 Å². The van der Waals surface area contributed by atoms with Gasteiger partial charge in [-0.1, -0.05) is 42.5 Å². The highest BCUT2D eigenvalue weighted by Gasteiger charge is 2.20. The summed E-state index contributed by atoms with van der Waals surface area (Å²) in [6, 6.07) is 18.0. The Bertz CT molecular complexity index is 1280. The Morgan fingerprint density at radius 1 is 0.868 bits per heavy atom. The third-order valence-electron chi connectivity index (χ3n) is 5.65. The van der Waals surface area contributed by atoms with Gasteiger partial charge in [0, 0.05) is 13.0 Å². The fourth-order valence-corrected chi connectivity index (χ4v) is 3.74. The number of nitrogens with two attached hydrogens (primary N) is 1. The van der Waals surface area contributed by atoms with Gasteiger partial charge >= 0.3 is 0 Å². The molecule has 0 aliphatic rings. The Balaban J connectivity index is 1.70. The zero-order chi connectivity index (χ0) is 27.5. The molecule has 2 amide bonds. The first-order valence-corrected chi connectivity index (χ1v) is 11.8. The van der Waals surface area contributed by atoms with Crippen molar-refractivity contribution in [3.05, 3.63) is 89.2 Å². The van der Waals surface area contributed by atoms with Crippen LogP contribution in [0.4, 0.5) is 4.39 Å². The number of rotatable bonds is 11. The van der Waals surface area contributed by atoms with Crippen LogP contribution in [0, 0.1) is 5.82 Å². The number of hydrogen-bond acceptors (Lipinski definition) is 5. The van der Waals surface area contributed by atoms with Crippen molar-refractivity contribution >= 4 is 17.8 Å². The summed E-state index contributed by atoms with van der Waals surface area (Å²) >= 11 is 0. The fourth-order valence-electron chi connectivity index (χ4n) is 3.74. The van der Waals surface area contributed by atoms with Crippen LogP contribution in [-0.4, -0.2) is 45.1 Å². The first-order valence-electron chi connectivity index (χ1n) is 11.8. The van der Waals surface area contributed by atoms with Crippen LogP contribution in [-0.2, 0) is 29.0 Å². The third kappa shape index (κ3) is 7.95. The zero-order valence-electron chi connectivity index (χ0n) is 21.5. The van der Waals surface area contributed by atoms with E-state index in [1.54, 1.807) is 24.3 Å². The molecule has 0 aromatic heterocycles.